The second kappa shape index (κ2) is 5.52. The van der Waals surface area contributed by atoms with Gasteiger partial charge in [0.1, 0.15) is 0 Å². The van der Waals surface area contributed by atoms with Crippen molar-refractivity contribution in [3.63, 3.8) is 0 Å². The summed E-state index contributed by atoms with van der Waals surface area (Å²) in [4.78, 5) is 10.4. The van der Waals surface area contributed by atoms with Crippen LogP contribution in [0.5, 0.6) is 0 Å². The van der Waals surface area contributed by atoms with Gasteiger partial charge in [0.25, 0.3) is 5.69 Å². The van der Waals surface area contributed by atoms with Crippen molar-refractivity contribution in [3.8, 4) is 0 Å². The molecule has 0 spiro atoms. The van der Waals surface area contributed by atoms with Gasteiger partial charge < -0.3 is 5.32 Å². The first-order valence-electron chi connectivity index (χ1n) is 6.11. The number of hydrogen-bond acceptors (Lipinski definition) is 3. The number of benzene rings is 2. The first-order chi connectivity index (χ1) is 9.06. The average molecular weight is 256 g/mol. The summed E-state index contributed by atoms with van der Waals surface area (Å²) in [6.07, 6.45) is 0. The lowest BCUT2D eigenvalue weighted by molar-refractivity contribution is -0.384. The van der Waals surface area contributed by atoms with Crippen molar-refractivity contribution in [3.05, 3.63) is 69.3 Å². The zero-order valence-electron chi connectivity index (χ0n) is 11.0. The summed E-state index contributed by atoms with van der Waals surface area (Å²) in [6, 6.07) is 13.1. The molecule has 0 bridgehead atoms. The van der Waals surface area contributed by atoms with Crippen LogP contribution in [0.1, 0.15) is 16.7 Å². The van der Waals surface area contributed by atoms with E-state index in [9.17, 15) is 10.1 Å². The molecule has 4 heteroatoms. The lowest BCUT2D eigenvalue weighted by Gasteiger charge is -2.09. The lowest BCUT2D eigenvalue weighted by Crippen LogP contribution is -2.02. The van der Waals surface area contributed by atoms with Crippen LogP contribution in [0.15, 0.2) is 42.5 Å². The van der Waals surface area contributed by atoms with Crippen LogP contribution in [0.3, 0.4) is 0 Å². The fourth-order valence-electron chi connectivity index (χ4n) is 1.98. The molecule has 0 aliphatic carbocycles. The van der Waals surface area contributed by atoms with E-state index in [1.54, 1.807) is 12.1 Å². The second-order valence-corrected chi connectivity index (χ2v) is 4.59. The molecule has 0 saturated carbocycles. The number of nitro groups is 1. The van der Waals surface area contributed by atoms with Crippen molar-refractivity contribution in [1.29, 1.82) is 0 Å². The quantitative estimate of drug-likeness (QED) is 0.668. The molecule has 0 amide bonds. The zero-order valence-corrected chi connectivity index (χ0v) is 11.0. The van der Waals surface area contributed by atoms with Crippen molar-refractivity contribution < 1.29 is 4.92 Å². The van der Waals surface area contributed by atoms with Gasteiger partial charge in [-0.3, -0.25) is 10.1 Å². The summed E-state index contributed by atoms with van der Waals surface area (Å²) in [7, 11) is 0. The maximum absolute atomic E-state index is 10.8. The van der Waals surface area contributed by atoms with Crippen LogP contribution in [0.2, 0.25) is 0 Å². The minimum Gasteiger partial charge on any atom is -0.381 e. The minimum atomic E-state index is -0.369. The van der Waals surface area contributed by atoms with E-state index in [0.29, 0.717) is 6.54 Å². The Labute approximate surface area is 112 Å². The molecule has 2 aromatic carbocycles. The Balaban J connectivity index is 2.16. The van der Waals surface area contributed by atoms with E-state index >= 15 is 0 Å². The fourth-order valence-corrected chi connectivity index (χ4v) is 1.98. The van der Waals surface area contributed by atoms with Gasteiger partial charge in [0.15, 0.2) is 0 Å². The largest absolute Gasteiger partial charge is 0.381 e. The molecule has 0 saturated heterocycles. The van der Waals surface area contributed by atoms with Gasteiger partial charge in [-0.05, 0) is 36.6 Å². The van der Waals surface area contributed by atoms with E-state index in [-0.39, 0.29) is 10.6 Å². The number of non-ortho nitro benzene ring substituents is 1. The van der Waals surface area contributed by atoms with Crippen molar-refractivity contribution in [2.75, 3.05) is 5.32 Å². The molecule has 0 aromatic heterocycles. The van der Waals surface area contributed by atoms with E-state index in [1.807, 2.05) is 31.2 Å². The number of nitrogens with zero attached hydrogens (tertiary/aromatic N) is 1. The zero-order chi connectivity index (χ0) is 13.8. The summed E-state index contributed by atoms with van der Waals surface area (Å²) >= 11 is 0. The monoisotopic (exact) mass is 256 g/mol. The Hall–Kier alpha value is -2.36. The Morgan fingerprint density at radius 2 is 1.89 bits per heavy atom. The predicted molar refractivity (Wildman–Crippen MR) is 76.3 cm³/mol. The Morgan fingerprint density at radius 1 is 1.16 bits per heavy atom. The van der Waals surface area contributed by atoms with Gasteiger partial charge in [-0.25, -0.2) is 0 Å². The molecular formula is C15H16N2O2. The van der Waals surface area contributed by atoms with E-state index < -0.39 is 0 Å². The smallest absolute Gasteiger partial charge is 0.271 e. The maximum Gasteiger partial charge on any atom is 0.271 e. The minimum absolute atomic E-state index is 0.118. The third kappa shape index (κ3) is 3.31. The van der Waals surface area contributed by atoms with Gasteiger partial charge in [-0.2, -0.15) is 0 Å². The normalized spacial score (nSPS) is 10.2. The van der Waals surface area contributed by atoms with Crippen molar-refractivity contribution in [2.24, 2.45) is 0 Å². The SMILES string of the molecule is Cc1cc(NCc2ccccc2C)cc([N+](=O)[O-])c1. The molecule has 0 fully saturated rings. The molecule has 2 aromatic rings. The molecule has 0 aliphatic heterocycles. The predicted octanol–water partition coefficient (Wildman–Crippen LogP) is 3.82. The highest BCUT2D eigenvalue weighted by atomic mass is 16.6. The topological polar surface area (TPSA) is 55.2 Å². The van der Waals surface area contributed by atoms with Gasteiger partial charge >= 0.3 is 0 Å². The molecule has 2 rings (SSSR count). The average Bonchev–Trinajstić information content (AvgIpc) is 2.37. The van der Waals surface area contributed by atoms with E-state index in [2.05, 4.69) is 18.3 Å². The number of rotatable bonds is 4. The molecule has 98 valence electrons. The van der Waals surface area contributed by atoms with Gasteiger partial charge in [0.05, 0.1) is 4.92 Å². The molecule has 0 aliphatic rings. The van der Waals surface area contributed by atoms with Gasteiger partial charge in [0, 0.05) is 24.4 Å². The molecule has 1 N–H and O–H groups in total. The van der Waals surface area contributed by atoms with E-state index in [1.165, 1.54) is 11.1 Å². The molecule has 19 heavy (non-hydrogen) atoms. The number of nitrogens with one attached hydrogen (secondary N) is 1. The highest BCUT2D eigenvalue weighted by Crippen LogP contribution is 2.21. The number of anilines is 1. The fraction of sp³-hybridized carbons (Fsp3) is 0.200. The van der Waals surface area contributed by atoms with Crippen LogP contribution in [-0.2, 0) is 6.54 Å². The summed E-state index contributed by atoms with van der Waals surface area (Å²) in [5.74, 6) is 0. The summed E-state index contributed by atoms with van der Waals surface area (Å²) in [6.45, 7) is 4.56. The number of hydrogen-bond donors (Lipinski definition) is 1. The Morgan fingerprint density at radius 3 is 2.58 bits per heavy atom. The highest BCUT2D eigenvalue weighted by molar-refractivity contribution is 5.54. The summed E-state index contributed by atoms with van der Waals surface area (Å²) in [5, 5.41) is 14.0. The Kier molecular flexibility index (Phi) is 3.80. The van der Waals surface area contributed by atoms with E-state index in [4.69, 9.17) is 0 Å². The number of nitro benzene ring substituents is 1. The van der Waals surface area contributed by atoms with Gasteiger partial charge in [-0.1, -0.05) is 24.3 Å². The first kappa shape index (κ1) is 13.1. The van der Waals surface area contributed by atoms with Gasteiger partial charge in [0.2, 0.25) is 0 Å². The highest BCUT2D eigenvalue weighted by Gasteiger charge is 2.08. The van der Waals surface area contributed by atoms with Crippen molar-refractivity contribution >= 4 is 11.4 Å². The van der Waals surface area contributed by atoms with Crippen molar-refractivity contribution in [2.45, 2.75) is 20.4 Å². The molecule has 0 unspecified atom stereocenters. The molecular weight excluding hydrogens is 240 g/mol. The van der Waals surface area contributed by atoms with Crippen LogP contribution in [0.4, 0.5) is 11.4 Å². The van der Waals surface area contributed by atoms with Crippen LogP contribution in [0, 0.1) is 24.0 Å². The number of aryl methyl sites for hydroxylation is 2. The molecule has 4 nitrogen and oxygen atoms in total. The first-order valence-corrected chi connectivity index (χ1v) is 6.11. The summed E-state index contributed by atoms with van der Waals surface area (Å²) < 4.78 is 0. The molecule has 0 atom stereocenters. The molecule has 0 radical (unpaired) electrons. The summed E-state index contributed by atoms with van der Waals surface area (Å²) in [5.41, 5.74) is 4.16. The van der Waals surface area contributed by atoms with Crippen LogP contribution in [-0.4, -0.2) is 4.92 Å². The van der Waals surface area contributed by atoms with Gasteiger partial charge in [-0.15, -0.1) is 0 Å². The maximum atomic E-state index is 10.8. The third-order valence-corrected chi connectivity index (χ3v) is 3.02. The lowest BCUT2D eigenvalue weighted by atomic mass is 10.1. The standard InChI is InChI=1S/C15H16N2O2/c1-11-7-14(9-15(8-11)17(18)19)16-10-13-6-4-3-5-12(13)2/h3-9,16H,10H2,1-2H3. The third-order valence-electron chi connectivity index (χ3n) is 3.02. The van der Waals surface area contributed by atoms with E-state index in [0.717, 1.165) is 11.3 Å². The van der Waals surface area contributed by atoms with Crippen LogP contribution >= 0.6 is 0 Å². The van der Waals surface area contributed by atoms with Crippen LogP contribution < -0.4 is 5.32 Å². The van der Waals surface area contributed by atoms with Crippen molar-refractivity contribution in [1.82, 2.24) is 0 Å². The molecule has 0 heterocycles. The van der Waals surface area contributed by atoms with Crippen LogP contribution in [0.25, 0.3) is 0 Å². The Bertz CT molecular complexity index is 609. The second-order valence-electron chi connectivity index (χ2n) is 4.59.